The number of imide groups is 1. The molecule has 0 radical (unpaired) electrons. The molecule has 0 spiro atoms. The van der Waals surface area contributed by atoms with E-state index in [0.717, 1.165) is 12.1 Å². The molecule has 1 aliphatic heterocycles. The third-order valence-electron chi connectivity index (χ3n) is 3.58. The molecular weight excluding hydrogens is 352 g/mol. The van der Waals surface area contributed by atoms with Crippen molar-refractivity contribution >= 4 is 27.6 Å². The number of rotatable bonds is 4. The zero-order chi connectivity index (χ0) is 18.4. The molecule has 0 atom stereocenters. The van der Waals surface area contributed by atoms with Gasteiger partial charge in [-0.15, -0.1) is 9.35 Å². The number of amides is 2. The topological polar surface area (TPSA) is 124 Å². The summed E-state index contributed by atoms with van der Waals surface area (Å²) in [7, 11) is -4.63. The number of carbonyl (C=O) groups is 2. The minimum Gasteiger partial charge on any atom is -0.266 e. The average molecular weight is 362 g/mol. The molecule has 10 heteroatoms. The van der Waals surface area contributed by atoms with Crippen molar-refractivity contribution in [2.24, 2.45) is 0 Å². The van der Waals surface area contributed by atoms with Crippen LogP contribution in [0, 0.1) is 17.0 Å². The normalized spacial score (nSPS) is 13.9. The van der Waals surface area contributed by atoms with Crippen LogP contribution >= 0.6 is 0 Å². The van der Waals surface area contributed by atoms with E-state index in [1.54, 1.807) is 0 Å². The van der Waals surface area contributed by atoms with Gasteiger partial charge in [-0.1, -0.05) is 18.2 Å². The highest BCUT2D eigenvalue weighted by Crippen LogP contribution is 2.28. The van der Waals surface area contributed by atoms with E-state index in [1.165, 1.54) is 37.3 Å². The molecule has 25 heavy (non-hydrogen) atoms. The second kappa shape index (κ2) is 5.76. The third-order valence-corrected chi connectivity index (χ3v) is 4.91. The van der Waals surface area contributed by atoms with Crippen molar-refractivity contribution < 1.29 is 27.2 Å². The molecule has 2 aromatic rings. The maximum atomic E-state index is 12.4. The molecule has 128 valence electrons. The van der Waals surface area contributed by atoms with Gasteiger partial charge in [-0.3, -0.25) is 19.7 Å². The fourth-order valence-electron chi connectivity index (χ4n) is 2.34. The van der Waals surface area contributed by atoms with E-state index >= 15 is 0 Å². The molecule has 0 N–H and O–H groups in total. The fourth-order valence-corrected chi connectivity index (χ4v) is 3.48. The number of aryl methyl sites for hydroxylation is 1. The summed E-state index contributed by atoms with van der Waals surface area (Å²) in [5, 5.41) is 11.0. The summed E-state index contributed by atoms with van der Waals surface area (Å²) in [6, 6.07) is 8.95. The van der Waals surface area contributed by atoms with Gasteiger partial charge in [0.15, 0.2) is 0 Å². The fraction of sp³-hybridized carbons (Fsp3) is 0.0667. The minimum absolute atomic E-state index is 0.0125. The molecule has 0 fully saturated rings. The molecule has 2 amide bonds. The summed E-state index contributed by atoms with van der Waals surface area (Å²) in [6.45, 7) is 1.41. The summed E-state index contributed by atoms with van der Waals surface area (Å²) in [5.74, 6) is -1.85. The number of nitrogens with zero attached hydrogens (tertiary/aromatic N) is 2. The van der Waals surface area contributed by atoms with Crippen LogP contribution in [-0.2, 0) is 14.4 Å². The Kier molecular flexibility index (Phi) is 3.85. The second-order valence-electron chi connectivity index (χ2n) is 5.19. The third kappa shape index (κ3) is 2.77. The lowest BCUT2D eigenvalue weighted by Gasteiger charge is -2.14. The molecule has 1 aliphatic rings. The lowest BCUT2D eigenvalue weighted by Crippen LogP contribution is -2.32. The Bertz CT molecular complexity index is 995. The number of hydroxylamine groups is 2. The van der Waals surface area contributed by atoms with Gasteiger partial charge >= 0.3 is 10.1 Å². The number of carbonyl (C=O) groups excluding carboxylic acids is 2. The van der Waals surface area contributed by atoms with Gasteiger partial charge in [-0.25, -0.2) is 0 Å². The van der Waals surface area contributed by atoms with Crippen molar-refractivity contribution in [2.75, 3.05) is 0 Å². The lowest BCUT2D eigenvalue weighted by molar-refractivity contribution is -0.385. The Morgan fingerprint density at radius 3 is 2.12 bits per heavy atom. The van der Waals surface area contributed by atoms with E-state index in [0.29, 0.717) is 0 Å². The molecule has 0 aliphatic carbocycles. The van der Waals surface area contributed by atoms with Gasteiger partial charge in [-0.2, -0.15) is 8.42 Å². The highest BCUT2D eigenvalue weighted by molar-refractivity contribution is 7.86. The Labute approximate surface area is 141 Å². The Morgan fingerprint density at radius 2 is 1.60 bits per heavy atom. The molecule has 0 saturated heterocycles. The number of non-ortho nitro benzene ring substituents is 1. The number of nitro benzene ring substituents is 1. The first-order valence-corrected chi connectivity index (χ1v) is 8.30. The van der Waals surface area contributed by atoms with E-state index in [4.69, 9.17) is 4.28 Å². The number of hydrogen-bond acceptors (Lipinski definition) is 7. The maximum Gasteiger partial charge on any atom is 0.318 e. The molecule has 3 rings (SSSR count). The van der Waals surface area contributed by atoms with Gasteiger partial charge in [0.1, 0.15) is 4.90 Å². The van der Waals surface area contributed by atoms with Crippen LogP contribution < -0.4 is 0 Å². The summed E-state index contributed by atoms with van der Waals surface area (Å²) >= 11 is 0. The molecule has 0 bridgehead atoms. The molecule has 2 aromatic carbocycles. The number of hydrogen-bond donors (Lipinski definition) is 0. The van der Waals surface area contributed by atoms with Crippen LogP contribution in [0.4, 0.5) is 5.69 Å². The van der Waals surface area contributed by atoms with Gasteiger partial charge in [0.25, 0.3) is 17.5 Å². The number of fused-ring (bicyclic) bond motifs is 1. The van der Waals surface area contributed by atoms with Crippen molar-refractivity contribution in [1.29, 1.82) is 0 Å². The van der Waals surface area contributed by atoms with Crippen molar-refractivity contribution in [3.05, 3.63) is 69.3 Å². The Morgan fingerprint density at radius 1 is 1.04 bits per heavy atom. The van der Waals surface area contributed by atoms with Gasteiger partial charge in [0.2, 0.25) is 0 Å². The minimum atomic E-state index is -4.63. The highest BCUT2D eigenvalue weighted by Gasteiger charge is 2.40. The standard InChI is InChI=1S/C15H10N2O7S/c1-9-6-7-10(17(20)21)8-13(9)25(22,23)24-16-14(18)11-4-2-3-5-12(11)15(16)19/h2-8H,1H3. The first kappa shape index (κ1) is 16.7. The van der Waals surface area contributed by atoms with Gasteiger partial charge in [-0.05, 0) is 24.6 Å². The first-order valence-electron chi connectivity index (χ1n) is 6.90. The Hall–Kier alpha value is -3.11. The van der Waals surface area contributed by atoms with Crippen LogP contribution in [0.2, 0.25) is 0 Å². The van der Waals surface area contributed by atoms with Gasteiger partial charge < -0.3 is 0 Å². The smallest absolute Gasteiger partial charge is 0.266 e. The van der Waals surface area contributed by atoms with Crippen LogP contribution in [0.25, 0.3) is 0 Å². The van der Waals surface area contributed by atoms with Crippen molar-refractivity contribution in [2.45, 2.75) is 11.8 Å². The predicted octanol–water partition coefficient (Wildman–Crippen LogP) is 1.82. The van der Waals surface area contributed by atoms with Crippen LogP contribution in [0.3, 0.4) is 0 Å². The molecule has 1 heterocycles. The quantitative estimate of drug-likeness (QED) is 0.461. The van der Waals surface area contributed by atoms with Crippen LogP contribution in [-0.4, -0.2) is 30.2 Å². The largest absolute Gasteiger partial charge is 0.318 e. The second-order valence-corrected chi connectivity index (χ2v) is 6.68. The lowest BCUT2D eigenvalue weighted by atomic mass is 10.1. The predicted molar refractivity (Wildman–Crippen MR) is 83.0 cm³/mol. The molecular formula is C15H10N2O7S. The van der Waals surface area contributed by atoms with Crippen LogP contribution in [0.15, 0.2) is 47.4 Å². The van der Waals surface area contributed by atoms with E-state index < -0.39 is 37.4 Å². The molecule has 0 unspecified atom stereocenters. The maximum absolute atomic E-state index is 12.4. The van der Waals surface area contributed by atoms with E-state index in [-0.39, 0.29) is 21.8 Å². The van der Waals surface area contributed by atoms with Gasteiger partial charge in [0, 0.05) is 12.1 Å². The molecule has 9 nitrogen and oxygen atoms in total. The summed E-state index contributed by atoms with van der Waals surface area (Å²) < 4.78 is 29.6. The molecule has 0 saturated carbocycles. The zero-order valence-corrected chi connectivity index (χ0v) is 13.5. The van der Waals surface area contributed by atoms with Crippen LogP contribution in [0.1, 0.15) is 26.3 Å². The SMILES string of the molecule is Cc1ccc([N+](=O)[O-])cc1S(=O)(=O)ON1C(=O)c2ccccc2C1=O. The molecule has 0 aromatic heterocycles. The van der Waals surface area contributed by atoms with Crippen molar-refractivity contribution in [3.63, 3.8) is 0 Å². The highest BCUT2D eigenvalue weighted by atomic mass is 32.2. The van der Waals surface area contributed by atoms with E-state index in [2.05, 4.69) is 0 Å². The number of nitro groups is 1. The average Bonchev–Trinajstić information content (AvgIpc) is 2.80. The van der Waals surface area contributed by atoms with Crippen LogP contribution in [0.5, 0.6) is 0 Å². The van der Waals surface area contributed by atoms with Crippen molar-refractivity contribution in [1.82, 2.24) is 5.06 Å². The van der Waals surface area contributed by atoms with Gasteiger partial charge in [0.05, 0.1) is 16.1 Å². The summed E-state index contributed by atoms with van der Waals surface area (Å²) in [6.07, 6.45) is 0. The zero-order valence-electron chi connectivity index (χ0n) is 12.7. The Balaban J connectivity index is 1.99. The monoisotopic (exact) mass is 362 g/mol. The summed E-state index contributed by atoms with van der Waals surface area (Å²) in [5.41, 5.74) is -0.269. The number of benzene rings is 2. The van der Waals surface area contributed by atoms with Crippen molar-refractivity contribution in [3.8, 4) is 0 Å². The van der Waals surface area contributed by atoms with E-state index in [9.17, 15) is 28.1 Å². The van der Waals surface area contributed by atoms with E-state index in [1.807, 2.05) is 0 Å². The first-order chi connectivity index (χ1) is 11.7. The summed E-state index contributed by atoms with van der Waals surface area (Å²) in [4.78, 5) is 33.9.